The summed E-state index contributed by atoms with van der Waals surface area (Å²) in [4.78, 5) is 13.2. The van der Waals surface area contributed by atoms with Gasteiger partial charge in [-0.05, 0) is 12.8 Å². The molecule has 0 unspecified atom stereocenters. The third-order valence-corrected chi connectivity index (χ3v) is 4.38. The summed E-state index contributed by atoms with van der Waals surface area (Å²) in [5.41, 5.74) is -1.89. The van der Waals surface area contributed by atoms with Crippen molar-refractivity contribution in [3.63, 3.8) is 0 Å². The van der Waals surface area contributed by atoms with Crippen LogP contribution in [-0.4, -0.2) is 37.5 Å². The molecule has 0 amide bonds. The fourth-order valence-electron chi connectivity index (χ4n) is 1.61. The Kier molecular flexibility index (Phi) is 2.98. The summed E-state index contributed by atoms with van der Waals surface area (Å²) >= 11 is 0. The van der Waals surface area contributed by atoms with Gasteiger partial charge in [-0.3, -0.25) is 0 Å². The zero-order valence-corrected chi connectivity index (χ0v) is 8.98. The van der Waals surface area contributed by atoms with Crippen LogP contribution in [0.3, 0.4) is 0 Å². The molecule has 1 saturated heterocycles. The fraction of sp³-hybridized carbons (Fsp3) is 0.875. The van der Waals surface area contributed by atoms with Gasteiger partial charge in [-0.25, -0.2) is 22.0 Å². The quantitative estimate of drug-likeness (QED) is 0.531. The van der Waals surface area contributed by atoms with Gasteiger partial charge in [0.05, 0.1) is 11.5 Å². The normalized spacial score (nSPS) is 24.2. The standard InChI is InChI=1S/C8H11F2NO3S/c1-7(9,10)8(11-6-12)2-4-15(13,14)5-3-8/h2-5H2,1H3. The maximum Gasteiger partial charge on any atom is 0.270 e. The van der Waals surface area contributed by atoms with Crippen LogP contribution >= 0.6 is 0 Å². The molecule has 0 bridgehead atoms. The van der Waals surface area contributed by atoms with Gasteiger partial charge in [0.1, 0.15) is 5.54 Å². The first-order valence-electron chi connectivity index (χ1n) is 4.40. The summed E-state index contributed by atoms with van der Waals surface area (Å²) in [5.74, 6) is -3.93. The van der Waals surface area contributed by atoms with E-state index in [1.807, 2.05) is 0 Å². The van der Waals surface area contributed by atoms with Crippen molar-refractivity contribution in [2.24, 2.45) is 4.99 Å². The van der Waals surface area contributed by atoms with Crippen LogP contribution in [0.2, 0.25) is 0 Å². The van der Waals surface area contributed by atoms with E-state index in [-0.39, 0.29) is 24.3 Å². The Morgan fingerprint density at radius 1 is 1.33 bits per heavy atom. The van der Waals surface area contributed by atoms with Gasteiger partial charge >= 0.3 is 0 Å². The molecular weight excluding hydrogens is 228 g/mol. The molecule has 4 nitrogen and oxygen atoms in total. The SMILES string of the molecule is CC(F)(F)C1(N=C=O)CCS(=O)(=O)CC1. The van der Waals surface area contributed by atoms with Crippen LogP contribution in [0, 0.1) is 0 Å². The number of halogens is 2. The van der Waals surface area contributed by atoms with Crippen molar-refractivity contribution in [1.29, 1.82) is 0 Å². The van der Waals surface area contributed by atoms with Crippen molar-refractivity contribution in [1.82, 2.24) is 0 Å². The molecule has 1 heterocycles. The first kappa shape index (κ1) is 12.3. The van der Waals surface area contributed by atoms with Gasteiger partial charge in [0.25, 0.3) is 5.92 Å². The number of sulfone groups is 1. The summed E-state index contributed by atoms with van der Waals surface area (Å²) < 4.78 is 48.6. The maximum atomic E-state index is 13.2. The van der Waals surface area contributed by atoms with Crippen LogP contribution in [0.1, 0.15) is 19.8 Å². The highest BCUT2D eigenvalue weighted by Crippen LogP contribution is 2.40. The minimum atomic E-state index is -3.26. The third kappa shape index (κ3) is 2.41. The smallest absolute Gasteiger partial charge is 0.229 e. The van der Waals surface area contributed by atoms with Gasteiger partial charge in [-0.2, -0.15) is 4.99 Å². The van der Waals surface area contributed by atoms with E-state index in [1.54, 1.807) is 0 Å². The molecule has 86 valence electrons. The molecule has 0 aliphatic carbocycles. The molecule has 15 heavy (non-hydrogen) atoms. The van der Waals surface area contributed by atoms with Gasteiger partial charge in [0.15, 0.2) is 9.84 Å². The summed E-state index contributed by atoms with van der Waals surface area (Å²) in [7, 11) is -3.26. The Bertz CT molecular complexity index is 379. The van der Waals surface area contributed by atoms with E-state index in [0.717, 1.165) is 6.08 Å². The van der Waals surface area contributed by atoms with Gasteiger partial charge in [-0.1, -0.05) is 0 Å². The molecule has 0 aromatic heterocycles. The van der Waals surface area contributed by atoms with E-state index in [1.165, 1.54) is 0 Å². The number of nitrogens with zero attached hydrogens (tertiary/aromatic N) is 1. The van der Waals surface area contributed by atoms with Crippen molar-refractivity contribution in [2.75, 3.05) is 11.5 Å². The van der Waals surface area contributed by atoms with E-state index >= 15 is 0 Å². The molecule has 0 spiro atoms. The van der Waals surface area contributed by atoms with Crippen molar-refractivity contribution in [3.05, 3.63) is 0 Å². The van der Waals surface area contributed by atoms with Crippen molar-refractivity contribution < 1.29 is 22.0 Å². The second-order valence-electron chi connectivity index (χ2n) is 3.77. The largest absolute Gasteiger partial charge is 0.270 e. The number of hydrogen-bond donors (Lipinski definition) is 0. The Hall–Kier alpha value is -0.810. The molecule has 1 fully saturated rings. The molecule has 0 N–H and O–H groups in total. The van der Waals surface area contributed by atoms with Gasteiger partial charge < -0.3 is 0 Å². The van der Waals surface area contributed by atoms with Crippen molar-refractivity contribution >= 4 is 15.9 Å². The van der Waals surface area contributed by atoms with Crippen LogP contribution in [0.15, 0.2) is 4.99 Å². The van der Waals surface area contributed by atoms with E-state index in [9.17, 15) is 22.0 Å². The number of rotatable bonds is 2. The molecule has 0 aromatic rings. The van der Waals surface area contributed by atoms with E-state index in [0.29, 0.717) is 6.92 Å². The lowest BCUT2D eigenvalue weighted by molar-refractivity contribution is -0.0596. The van der Waals surface area contributed by atoms with Crippen molar-refractivity contribution in [3.8, 4) is 0 Å². The topological polar surface area (TPSA) is 63.6 Å². The van der Waals surface area contributed by atoms with E-state index < -0.39 is 21.3 Å². The zero-order chi connectivity index (χ0) is 11.7. The second-order valence-corrected chi connectivity index (χ2v) is 6.08. The Balaban J connectivity index is 3.03. The van der Waals surface area contributed by atoms with Gasteiger partial charge in [0.2, 0.25) is 6.08 Å². The average Bonchev–Trinajstić information content (AvgIpc) is 2.07. The van der Waals surface area contributed by atoms with Crippen LogP contribution in [0.25, 0.3) is 0 Å². The predicted molar refractivity (Wildman–Crippen MR) is 49.4 cm³/mol. The lowest BCUT2D eigenvalue weighted by Gasteiger charge is -2.36. The number of carbonyl (C=O) groups excluding carboxylic acids is 1. The van der Waals surface area contributed by atoms with E-state index in [4.69, 9.17) is 0 Å². The van der Waals surface area contributed by atoms with Gasteiger partial charge in [-0.15, -0.1) is 0 Å². The molecule has 1 aliphatic heterocycles. The molecule has 1 aliphatic rings. The van der Waals surface area contributed by atoms with Crippen LogP contribution in [0.5, 0.6) is 0 Å². The van der Waals surface area contributed by atoms with Crippen molar-refractivity contribution in [2.45, 2.75) is 31.2 Å². The summed E-state index contributed by atoms with van der Waals surface area (Å²) in [6.45, 7) is 0.645. The lowest BCUT2D eigenvalue weighted by Crippen LogP contribution is -2.50. The van der Waals surface area contributed by atoms with E-state index in [2.05, 4.69) is 4.99 Å². The first-order chi connectivity index (χ1) is 6.72. The number of aliphatic imine (C=N–C) groups is 1. The monoisotopic (exact) mass is 239 g/mol. The predicted octanol–water partition coefficient (Wildman–Crippen LogP) is 0.925. The molecule has 0 radical (unpaired) electrons. The molecule has 1 rings (SSSR count). The Morgan fingerprint density at radius 2 is 1.80 bits per heavy atom. The lowest BCUT2D eigenvalue weighted by atomic mass is 9.87. The number of hydrogen-bond acceptors (Lipinski definition) is 4. The summed E-state index contributed by atoms with van der Waals surface area (Å²) in [6.07, 6.45) is 0.462. The van der Waals surface area contributed by atoms with Crippen LogP contribution in [-0.2, 0) is 14.6 Å². The molecular formula is C8H11F2NO3S. The highest BCUT2D eigenvalue weighted by Gasteiger charge is 2.53. The molecule has 0 atom stereocenters. The van der Waals surface area contributed by atoms with Gasteiger partial charge in [0, 0.05) is 6.92 Å². The summed E-state index contributed by atoms with van der Waals surface area (Å²) in [6, 6.07) is 0. The third-order valence-electron chi connectivity index (χ3n) is 2.73. The minimum Gasteiger partial charge on any atom is -0.229 e. The molecule has 0 saturated carbocycles. The molecule has 0 aromatic carbocycles. The van der Waals surface area contributed by atoms with Crippen LogP contribution in [0.4, 0.5) is 8.78 Å². The number of isocyanates is 1. The first-order valence-corrected chi connectivity index (χ1v) is 6.22. The Labute approximate surface area is 86.3 Å². The maximum absolute atomic E-state index is 13.2. The second kappa shape index (κ2) is 3.64. The zero-order valence-electron chi connectivity index (χ0n) is 8.16. The highest BCUT2D eigenvalue weighted by molar-refractivity contribution is 7.91. The number of alkyl halides is 2. The molecule has 7 heteroatoms. The highest BCUT2D eigenvalue weighted by atomic mass is 32.2. The van der Waals surface area contributed by atoms with Crippen LogP contribution < -0.4 is 0 Å². The minimum absolute atomic E-state index is 0.325. The fourth-order valence-corrected chi connectivity index (χ4v) is 3.11. The average molecular weight is 239 g/mol. The summed E-state index contributed by atoms with van der Waals surface area (Å²) in [5, 5.41) is 0. The Morgan fingerprint density at radius 3 is 2.13 bits per heavy atom.